The molecule has 0 saturated heterocycles. The second kappa shape index (κ2) is 7.88. The lowest BCUT2D eigenvalue weighted by atomic mass is 10.1. The smallest absolute Gasteiger partial charge is 0.236 e. The Balaban J connectivity index is 2.02. The summed E-state index contributed by atoms with van der Waals surface area (Å²) < 4.78 is 0. The highest BCUT2D eigenvalue weighted by Gasteiger charge is 2.30. The van der Waals surface area contributed by atoms with Crippen molar-refractivity contribution in [3.8, 4) is 0 Å². The van der Waals surface area contributed by atoms with Crippen LogP contribution in [0.25, 0.3) is 0 Å². The highest BCUT2D eigenvalue weighted by Crippen LogP contribution is 2.26. The molecule has 1 aliphatic carbocycles. The first kappa shape index (κ1) is 16.4. The summed E-state index contributed by atoms with van der Waals surface area (Å²) >= 11 is 4.60. The van der Waals surface area contributed by atoms with Crippen LogP contribution in [0, 0.1) is 5.92 Å². The summed E-state index contributed by atoms with van der Waals surface area (Å²) in [6.45, 7) is 5.22. The van der Waals surface area contributed by atoms with E-state index in [2.05, 4.69) is 43.5 Å². The van der Waals surface area contributed by atoms with Crippen molar-refractivity contribution in [2.45, 2.75) is 57.2 Å². The summed E-state index contributed by atoms with van der Waals surface area (Å²) in [5.74, 6) is 0.717. The zero-order valence-electron chi connectivity index (χ0n) is 13.2. The second-order valence-electron chi connectivity index (χ2n) is 6.53. The third-order valence-corrected chi connectivity index (χ3v) is 4.57. The molecule has 0 aliphatic heterocycles. The van der Waals surface area contributed by atoms with Crippen LogP contribution < -0.4 is 0 Å². The Bertz CT molecular complexity index is 440. The first-order chi connectivity index (χ1) is 10.1. The van der Waals surface area contributed by atoms with Crippen molar-refractivity contribution in [3.63, 3.8) is 0 Å². The molecule has 1 aromatic carbocycles. The Morgan fingerprint density at radius 3 is 2.43 bits per heavy atom. The number of nitrogens with zero attached hydrogens (tertiary/aromatic N) is 1. The molecule has 0 N–H and O–H groups in total. The summed E-state index contributed by atoms with van der Waals surface area (Å²) in [4.78, 5) is 14.9. The van der Waals surface area contributed by atoms with Crippen molar-refractivity contribution in [1.82, 2.24) is 4.90 Å². The van der Waals surface area contributed by atoms with Gasteiger partial charge in [0, 0.05) is 12.6 Å². The number of hydrogen-bond donors (Lipinski definition) is 1. The lowest BCUT2D eigenvalue weighted by molar-refractivity contribution is -0.133. The minimum Gasteiger partial charge on any atom is -0.339 e. The first-order valence-electron chi connectivity index (χ1n) is 8.10. The number of rotatable bonds is 6. The topological polar surface area (TPSA) is 20.3 Å². The van der Waals surface area contributed by atoms with Crippen LogP contribution in [0.5, 0.6) is 0 Å². The van der Waals surface area contributed by atoms with Crippen molar-refractivity contribution in [2.75, 3.05) is 6.54 Å². The van der Waals surface area contributed by atoms with Crippen LogP contribution in [-0.2, 0) is 11.2 Å². The molecule has 1 unspecified atom stereocenters. The zero-order chi connectivity index (χ0) is 15.2. The van der Waals surface area contributed by atoms with Crippen LogP contribution in [0.15, 0.2) is 30.3 Å². The van der Waals surface area contributed by atoms with Gasteiger partial charge in [-0.3, -0.25) is 4.79 Å². The molecule has 3 heteroatoms. The molecule has 1 aliphatic rings. The molecule has 0 radical (unpaired) electrons. The summed E-state index contributed by atoms with van der Waals surface area (Å²) in [6, 6.07) is 10.6. The average molecular weight is 305 g/mol. The van der Waals surface area contributed by atoms with Crippen LogP contribution in [0.2, 0.25) is 0 Å². The number of carbonyl (C=O) groups excluding carboxylic acids is 1. The van der Waals surface area contributed by atoms with Crippen molar-refractivity contribution in [2.24, 2.45) is 5.92 Å². The lowest BCUT2D eigenvalue weighted by Gasteiger charge is -2.32. The number of hydrogen-bond acceptors (Lipinski definition) is 2. The molecular formula is C18H27NOS. The molecule has 116 valence electrons. The first-order valence-corrected chi connectivity index (χ1v) is 8.62. The molecule has 1 aromatic rings. The van der Waals surface area contributed by atoms with Gasteiger partial charge in [0.2, 0.25) is 5.91 Å². The average Bonchev–Trinajstić information content (AvgIpc) is 2.99. The van der Waals surface area contributed by atoms with Gasteiger partial charge >= 0.3 is 0 Å². The largest absolute Gasteiger partial charge is 0.339 e. The van der Waals surface area contributed by atoms with Gasteiger partial charge in [0.05, 0.1) is 5.25 Å². The maximum Gasteiger partial charge on any atom is 0.236 e. The SMILES string of the molecule is CC(C)CN(C(=O)C(S)Cc1ccccc1)C1CCCC1. The Kier molecular flexibility index (Phi) is 6.16. The fraction of sp³-hybridized carbons (Fsp3) is 0.611. The molecular weight excluding hydrogens is 278 g/mol. The van der Waals surface area contributed by atoms with Crippen LogP contribution >= 0.6 is 12.6 Å². The summed E-state index contributed by atoms with van der Waals surface area (Å²) in [7, 11) is 0. The second-order valence-corrected chi connectivity index (χ2v) is 7.15. The van der Waals surface area contributed by atoms with Gasteiger partial charge in [-0.1, -0.05) is 57.0 Å². The Morgan fingerprint density at radius 1 is 1.24 bits per heavy atom. The van der Waals surface area contributed by atoms with E-state index in [-0.39, 0.29) is 11.2 Å². The lowest BCUT2D eigenvalue weighted by Crippen LogP contribution is -2.45. The highest BCUT2D eigenvalue weighted by atomic mass is 32.1. The van der Waals surface area contributed by atoms with E-state index >= 15 is 0 Å². The zero-order valence-corrected chi connectivity index (χ0v) is 14.1. The number of carbonyl (C=O) groups is 1. The summed E-state index contributed by atoms with van der Waals surface area (Å²) in [6.07, 6.45) is 5.53. The van der Waals surface area contributed by atoms with E-state index in [1.54, 1.807) is 0 Å². The minimum absolute atomic E-state index is 0.211. The van der Waals surface area contributed by atoms with E-state index in [9.17, 15) is 4.79 Å². The Morgan fingerprint density at radius 2 is 1.86 bits per heavy atom. The molecule has 1 atom stereocenters. The molecule has 2 rings (SSSR count). The number of thiol groups is 1. The highest BCUT2D eigenvalue weighted by molar-refractivity contribution is 7.81. The quantitative estimate of drug-likeness (QED) is 0.789. The van der Waals surface area contributed by atoms with Crippen molar-refractivity contribution in [3.05, 3.63) is 35.9 Å². The molecule has 1 amide bonds. The van der Waals surface area contributed by atoms with E-state index in [1.165, 1.54) is 18.4 Å². The van der Waals surface area contributed by atoms with Gasteiger partial charge in [0.25, 0.3) is 0 Å². The van der Waals surface area contributed by atoms with Gasteiger partial charge in [-0.2, -0.15) is 12.6 Å². The normalized spacial score (nSPS) is 17.1. The van der Waals surface area contributed by atoms with Crippen LogP contribution in [0.3, 0.4) is 0 Å². The van der Waals surface area contributed by atoms with E-state index in [0.717, 1.165) is 19.4 Å². The predicted molar refractivity (Wildman–Crippen MR) is 91.7 cm³/mol. The van der Waals surface area contributed by atoms with Crippen molar-refractivity contribution in [1.29, 1.82) is 0 Å². The van der Waals surface area contributed by atoms with Crippen molar-refractivity contribution >= 4 is 18.5 Å². The molecule has 2 nitrogen and oxygen atoms in total. The molecule has 0 aromatic heterocycles. The van der Waals surface area contributed by atoms with Gasteiger partial charge in [-0.15, -0.1) is 0 Å². The van der Waals surface area contributed by atoms with Gasteiger partial charge < -0.3 is 4.90 Å². The fourth-order valence-electron chi connectivity index (χ4n) is 3.14. The third-order valence-electron chi connectivity index (χ3n) is 4.17. The van der Waals surface area contributed by atoms with Gasteiger partial charge in [-0.05, 0) is 30.7 Å². The van der Waals surface area contributed by atoms with Crippen LogP contribution in [0.1, 0.15) is 45.1 Å². The standard InChI is InChI=1S/C18H27NOS/c1-14(2)13-19(16-10-6-7-11-16)18(20)17(21)12-15-8-4-3-5-9-15/h3-5,8-9,14,16-17,21H,6-7,10-13H2,1-2H3. The maximum absolute atomic E-state index is 12.8. The van der Waals surface area contributed by atoms with Gasteiger partial charge in [-0.25, -0.2) is 0 Å². The number of benzene rings is 1. The molecule has 0 heterocycles. The maximum atomic E-state index is 12.8. The van der Waals surface area contributed by atoms with Gasteiger partial charge in [0.1, 0.15) is 0 Å². The van der Waals surface area contributed by atoms with E-state index in [4.69, 9.17) is 0 Å². The van der Waals surface area contributed by atoms with Crippen LogP contribution in [-0.4, -0.2) is 28.6 Å². The molecule has 1 fully saturated rings. The molecule has 21 heavy (non-hydrogen) atoms. The number of amides is 1. The Hall–Kier alpha value is -0.960. The molecule has 0 bridgehead atoms. The fourth-order valence-corrected chi connectivity index (χ4v) is 3.50. The predicted octanol–water partition coefficient (Wildman–Crippen LogP) is 3.95. The Labute approximate surface area is 134 Å². The van der Waals surface area contributed by atoms with E-state index in [1.807, 2.05) is 18.2 Å². The molecule has 1 saturated carbocycles. The monoisotopic (exact) mass is 305 g/mol. The third kappa shape index (κ3) is 4.77. The van der Waals surface area contributed by atoms with Crippen LogP contribution in [0.4, 0.5) is 0 Å². The van der Waals surface area contributed by atoms with E-state index < -0.39 is 0 Å². The van der Waals surface area contributed by atoms with Crippen molar-refractivity contribution < 1.29 is 4.79 Å². The molecule has 0 spiro atoms. The van der Waals surface area contributed by atoms with E-state index in [0.29, 0.717) is 18.4 Å². The van der Waals surface area contributed by atoms with Gasteiger partial charge in [0.15, 0.2) is 0 Å². The summed E-state index contributed by atoms with van der Waals surface area (Å²) in [5.41, 5.74) is 1.18. The summed E-state index contributed by atoms with van der Waals surface area (Å²) in [5, 5.41) is -0.230. The minimum atomic E-state index is -0.230.